The van der Waals surface area contributed by atoms with Crippen LogP contribution < -0.4 is 0 Å². The number of hydrogen-bond acceptors (Lipinski definition) is 2. The summed E-state index contributed by atoms with van der Waals surface area (Å²) in [6.45, 7) is 7.94. The molecule has 0 saturated heterocycles. The second-order valence-corrected chi connectivity index (χ2v) is 6.52. The van der Waals surface area contributed by atoms with E-state index >= 15 is 0 Å². The largest absolute Gasteiger partial charge is 0.298 e. The Balaban J connectivity index is 2.81. The second-order valence-electron chi connectivity index (χ2n) is 5.41. The van der Waals surface area contributed by atoms with Crippen molar-refractivity contribution in [3.8, 4) is 0 Å². The lowest BCUT2D eigenvalue weighted by Gasteiger charge is -2.20. The van der Waals surface area contributed by atoms with Gasteiger partial charge in [0.25, 0.3) is 0 Å². The summed E-state index contributed by atoms with van der Waals surface area (Å²) in [6, 6.07) is 0. The molecule has 0 aliphatic rings. The predicted molar refractivity (Wildman–Crippen MR) is 73.5 cm³/mol. The van der Waals surface area contributed by atoms with E-state index in [-0.39, 0.29) is 16.0 Å². The summed E-state index contributed by atoms with van der Waals surface area (Å²) in [5, 5.41) is 4.39. The molecule has 1 heterocycles. The zero-order valence-corrected chi connectivity index (χ0v) is 12.8. The first-order valence-corrected chi connectivity index (χ1v) is 6.87. The normalized spacial score (nSPS) is 13.8. The number of carbonyl (C=O) groups is 1. The van der Waals surface area contributed by atoms with Crippen LogP contribution in [0.15, 0.2) is 6.20 Å². The minimum Gasteiger partial charge on any atom is -0.298 e. The zero-order valence-electron chi connectivity index (χ0n) is 11.2. The number of alkyl halides is 1. The van der Waals surface area contributed by atoms with Crippen LogP contribution in [-0.4, -0.2) is 20.4 Å². The summed E-state index contributed by atoms with van der Waals surface area (Å²) in [5.41, 5.74) is 1.94. The summed E-state index contributed by atoms with van der Waals surface area (Å²) < 4.78 is 1.81. The van der Waals surface area contributed by atoms with E-state index in [1.807, 2.05) is 38.7 Å². The van der Waals surface area contributed by atoms with Crippen LogP contribution in [-0.2, 0) is 24.7 Å². The number of rotatable bonds is 4. The number of hydrogen-bond donors (Lipinski definition) is 0. The van der Waals surface area contributed by atoms with Gasteiger partial charge < -0.3 is 0 Å². The molecule has 0 radical (unpaired) electrons. The van der Waals surface area contributed by atoms with Gasteiger partial charge in [0.2, 0.25) is 0 Å². The molecule has 0 amide bonds. The van der Waals surface area contributed by atoms with Crippen molar-refractivity contribution < 1.29 is 4.79 Å². The van der Waals surface area contributed by atoms with Crippen LogP contribution >= 0.6 is 15.9 Å². The minimum atomic E-state index is -0.303. The molecule has 0 saturated carbocycles. The van der Waals surface area contributed by atoms with Gasteiger partial charge in [-0.05, 0) is 18.4 Å². The Morgan fingerprint density at radius 3 is 2.59 bits per heavy atom. The van der Waals surface area contributed by atoms with Crippen LogP contribution in [0.3, 0.4) is 0 Å². The first kappa shape index (κ1) is 14.4. The van der Waals surface area contributed by atoms with Crippen LogP contribution in [0.25, 0.3) is 0 Å². The molecule has 1 aromatic heterocycles. The Labute approximate surface area is 112 Å². The molecule has 0 N–H and O–H groups in total. The third kappa shape index (κ3) is 3.66. The maximum atomic E-state index is 12.1. The molecule has 0 bridgehead atoms. The lowest BCUT2D eigenvalue weighted by Crippen LogP contribution is -2.30. The fourth-order valence-electron chi connectivity index (χ4n) is 1.81. The number of aryl methyl sites for hydroxylation is 2. The molecule has 96 valence electrons. The quantitative estimate of drug-likeness (QED) is 0.802. The first-order valence-electron chi connectivity index (χ1n) is 5.95. The molecule has 0 spiro atoms. The van der Waals surface area contributed by atoms with E-state index in [0.29, 0.717) is 6.42 Å². The van der Waals surface area contributed by atoms with Gasteiger partial charge in [-0.2, -0.15) is 5.10 Å². The summed E-state index contributed by atoms with van der Waals surface area (Å²) in [4.78, 5) is 12.0. The van der Waals surface area contributed by atoms with Gasteiger partial charge in [0, 0.05) is 18.7 Å². The van der Waals surface area contributed by atoms with Crippen molar-refractivity contribution in [2.75, 3.05) is 0 Å². The minimum absolute atomic E-state index is 0.128. The summed E-state index contributed by atoms with van der Waals surface area (Å²) in [7, 11) is 1.91. The Hall–Kier alpha value is -0.640. The standard InChI is InChI=1S/C13H21BrN2O/c1-6-11-9(8-16(5)15-11)7-10(14)12(17)13(2,3)4/h8,10H,6-7H2,1-5H3. The van der Waals surface area contributed by atoms with E-state index in [9.17, 15) is 4.79 Å². The highest BCUT2D eigenvalue weighted by Crippen LogP contribution is 2.24. The highest BCUT2D eigenvalue weighted by atomic mass is 79.9. The lowest BCUT2D eigenvalue weighted by atomic mass is 9.87. The molecule has 0 aliphatic heterocycles. The zero-order chi connectivity index (χ0) is 13.2. The number of ketones is 1. The van der Waals surface area contributed by atoms with Gasteiger partial charge in [-0.3, -0.25) is 9.48 Å². The van der Waals surface area contributed by atoms with Crippen molar-refractivity contribution in [2.45, 2.75) is 45.4 Å². The van der Waals surface area contributed by atoms with Gasteiger partial charge in [-0.25, -0.2) is 0 Å². The summed E-state index contributed by atoms with van der Waals surface area (Å²) >= 11 is 3.50. The number of carbonyl (C=O) groups excluding carboxylic acids is 1. The highest BCUT2D eigenvalue weighted by Gasteiger charge is 2.28. The number of aromatic nitrogens is 2. The smallest absolute Gasteiger partial charge is 0.152 e. The molecule has 0 aromatic carbocycles. The molecule has 1 aromatic rings. The summed E-state index contributed by atoms with van der Waals surface area (Å²) in [5.74, 6) is 0.239. The molecular weight excluding hydrogens is 280 g/mol. The highest BCUT2D eigenvalue weighted by molar-refractivity contribution is 9.10. The topological polar surface area (TPSA) is 34.9 Å². The van der Waals surface area contributed by atoms with Crippen LogP contribution in [0, 0.1) is 5.41 Å². The molecule has 17 heavy (non-hydrogen) atoms. The summed E-state index contributed by atoms with van der Waals surface area (Å²) in [6.07, 6.45) is 3.62. The Morgan fingerprint density at radius 1 is 1.53 bits per heavy atom. The predicted octanol–water partition coefficient (Wildman–Crippen LogP) is 2.90. The fourth-order valence-corrected chi connectivity index (χ4v) is 2.84. The van der Waals surface area contributed by atoms with Crippen molar-refractivity contribution >= 4 is 21.7 Å². The maximum absolute atomic E-state index is 12.1. The van der Waals surface area contributed by atoms with Gasteiger partial charge in [-0.15, -0.1) is 0 Å². The number of nitrogens with zero attached hydrogens (tertiary/aromatic N) is 2. The lowest BCUT2D eigenvalue weighted by molar-refractivity contribution is -0.125. The van der Waals surface area contributed by atoms with Crippen molar-refractivity contribution in [3.05, 3.63) is 17.5 Å². The Kier molecular flexibility index (Phi) is 4.53. The Bertz CT molecular complexity index is 404. The molecule has 1 unspecified atom stereocenters. The van der Waals surface area contributed by atoms with E-state index < -0.39 is 0 Å². The number of Topliss-reactive ketones (excluding diaryl/α,β-unsaturated/α-hetero) is 1. The molecule has 0 aliphatic carbocycles. The average molecular weight is 301 g/mol. The van der Waals surface area contributed by atoms with Crippen molar-refractivity contribution in [3.63, 3.8) is 0 Å². The third-order valence-corrected chi connectivity index (χ3v) is 3.49. The molecule has 0 fully saturated rings. The van der Waals surface area contributed by atoms with Crippen molar-refractivity contribution in [2.24, 2.45) is 12.5 Å². The molecule has 4 heteroatoms. The second kappa shape index (κ2) is 5.34. The van der Waals surface area contributed by atoms with Crippen LogP contribution in [0.1, 0.15) is 39.0 Å². The SMILES string of the molecule is CCc1nn(C)cc1CC(Br)C(=O)C(C)(C)C. The van der Waals surface area contributed by atoms with Crippen LogP contribution in [0.2, 0.25) is 0 Å². The molecular formula is C13H21BrN2O. The monoisotopic (exact) mass is 300 g/mol. The third-order valence-electron chi connectivity index (χ3n) is 2.75. The Morgan fingerprint density at radius 2 is 2.12 bits per heavy atom. The van der Waals surface area contributed by atoms with Crippen LogP contribution in [0.5, 0.6) is 0 Å². The maximum Gasteiger partial charge on any atom is 0.152 e. The van der Waals surface area contributed by atoms with E-state index in [0.717, 1.165) is 17.7 Å². The molecule has 3 nitrogen and oxygen atoms in total. The average Bonchev–Trinajstić information content (AvgIpc) is 2.56. The van der Waals surface area contributed by atoms with Gasteiger partial charge in [-0.1, -0.05) is 43.6 Å². The van der Waals surface area contributed by atoms with E-state index in [1.54, 1.807) is 0 Å². The van der Waals surface area contributed by atoms with E-state index in [4.69, 9.17) is 0 Å². The van der Waals surface area contributed by atoms with Crippen LogP contribution in [0.4, 0.5) is 0 Å². The van der Waals surface area contributed by atoms with Gasteiger partial charge >= 0.3 is 0 Å². The first-order chi connectivity index (χ1) is 7.75. The van der Waals surface area contributed by atoms with E-state index in [1.165, 1.54) is 0 Å². The number of halogens is 1. The van der Waals surface area contributed by atoms with Crippen molar-refractivity contribution in [1.82, 2.24) is 9.78 Å². The van der Waals surface area contributed by atoms with Gasteiger partial charge in [0.1, 0.15) is 0 Å². The molecule has 1 atom stereocenters. The van der Waals surface area contributed by atoms with Crippen molar-refractivity contribution in [1.29, 1.82) is 0 Å². The van der Waals surface area contributed by atoms with E-state index in [2.05, 4.69) is 28.0 Å². The fraction of sp³-hybridized carbons (Fsp3) is 0.692. The van der Waals surface area contributed by atoms with Gasteiger partial charge in [0.05, 0.1) is 10.5 Å². The molecule has 1 rings (SSSR count). The van der Waals surface area contributed by atoms with Gasteiger partial charge in [0.15, 0.2) is 5.78 Å².